The lowest BCUT2D eigenvalue weighted by Crippen LogP contribution is -2.23. The zero-order valence-electron chi connectivity index (χ0n) is 11.8. The molecule has 20 heavy (non-hydrogen) atoms. The Bertz CT molecular complexity index is 619. The minimum Gasteiger partial charge on any atom is -0.399 e. The number of hydrogen-bond acceptors (Lipinski definition) is 5. The molecule has 0 saturated heterocycles. The first kappa shape index (κ1) is 13.9. The van der Waals surface area contributed by atoms with E-state index in [0.717, 1.165) is 0 Å². The van der Waals surface area contributed by atoms with E-state index in [1.165, 1.54) is 4.90 Å². The van der Waals surface area contributed by atoms with Gasteiger partial charge < -0.3 is 16.0 Å². The molecular weight excluding hydrogens is 256 g/mol. The molecule has 1 aromatic heterocycles. The molecule has 106 valence electrons. The van der Waals surface area contributed by atoms with Crippen LogP contribution in [0.4, 0.5) is 11.4 Å². The summed E-state index contributed by atoms with van der Waals surface area (Å²) < 4.78 is 1.63. The summed E-state index contributed by atoms with van der Waals surface area (Å²) in [6, 6.07) is 5.16. The predicted molar refractivity (Wildman–Crippen MR) is 77.2 cm³/mol. The Balaban J connectivity index is 2.21. The smallest absolute Gasteiger partial charge is 0.255 e. The number of hydrogen-bond donors (Lipinski definition) is 2. The third-order valence-electron chi connectivity index (χ3n) is 2.76. The molecule has 0 bridgehead atoms. The fraction of sp³-hybridized carbons (Fsp3) is 0.308. The first-order chi connectivity index (χ1) is 9.47. The number of nitrogens with two attached hydrogens (primary N) is 1. The monoisotopic (exact) mass is 274 g/mol. The molecule has 0 aliphatic carbocycles. The second kappa shape index (κ2) is 5.60. The van der Waals surface area contributed by atoms with E-state index in [-0.39, 0.29) is 5.91 Å². The molecule has 0 aliphatic rings. The van der Waals surface area contributed by atoms with Crippen molar-refractivity contribution >= 4 is 17.3 Å². The molecule has 0 saturated carbocycles. The van der Waals surface area contributed by atoms with Crippen LogP contribution < -0.4 is 11.1 Å². The van der Waals surface area contributed by atoms with Crippen LogP contribution in [-0.2, 0) is 13.6 Å². The number of rotatable bonds is 4. The van der Waals surface area contributed by atoms with E-state index in [1.54, 1.807) is 50.4 Å². The highest BCUT2D eigenvalue weighted by Gasteiger charge is 2.13. The van der Waals surface area contributed by atoms with Gasteiger partial charge in [-0.1, -0.05) is 0 Å². The molecular formula is C13H18N6O. The average Bonchev–Trinajstić information content (AvgIpc) is 2.81. The summed E-state index contributed by atoms with van der Waals surface area (Å²) in [5.74, 6) is 0.569. The maximum Gasteiger partial charge on any atom is 0.255 e. The van der Waals surface area contributed by atoms with E-state index >= 15 is 0 Å². The SMILES string of the molecule is CN(C)C(=O)c1ccc(N)cc1NCc1ncn(C)n1. The molecule has 0 aliphatic heterocycles. The van der Waals surface area contributed by atoms with Crippen LogP contribution in [-0.4, -0.2) is 39.7 Å². The van der Waals surface area contributed by atoms with Crippen molar-refractivity contribution in [3.8, 4) is 0 Å². The Morgan fingerprint density at radius 1 is 1.45 bits per heavy atom. The maximum atomic E-state index is 12.1. The van der Waals surface area contributed by atoms with E-state index in [2.05, 4.69) is 15.4 Å². The quantitative estimate of drug-likeness (QED) is 0.802. The van der Waals surface area contributed by atoms with Gasteiger partial charge in [0.05, 0.1) is 12.1 Å². The van der Waals surface area contributed by atoms with Crippen LogP contribution in [0.25, 0.3) is 0 Å². The lowest BCUT2D eigenvalue weighted by atomic mass is 10.1. The maximum absolute atomic E-state index is 12.1. The number of nitrogens with zero attached hydrogens (tertiary/aromatic N) is 4. The van der Waals surface area contributed by atoms with E-state index < -0.39 is 0 Å². The second-order valence-corrected chi connectivity index (χ2v) is 4.69. The van der Waals surface area contributed by atoms with Crippen molar-refractivity contribution in [1.29, 1.82) is 0 Å². The summed E-state index contributed by atoms with van der Waals surface area (Å²) >= 11 is 0. The van der Waals surface area contributed by atoms with Gasteiger partial charge >= 0.3 is 0 Å². The predicted octanol–water partition coefficient (Wildman–Crippen LogP) is 0.711. The van der Waals surface area contributed by atoms with Gasteiger partial charge in [-0.15, -0.1) is 0 Å². The van der Waals surface area contributed by atoms with Crippen LogP contribution >= 0.6 is 0 Å². The van der Waals surface area contributed by atoms with Crippen LogP contribution in [0.2, 0.25) is 0 Å². The Labute approximate surface area is 117 Å². The van der Waals surface area contributed by atoms with Crippen LogP contribution in [0.3, 0.4) is 0 Å². The summed E-state index contributed by atoms with van der Waals surface area (Å²) in [7, 11) is 5.23. The zero-order valence-corrected chi connectivity index (χ0v) is 11.8. The number of nitrogen functional groups attached to an aromatic ring is 1. The molecule has 1 heterocycles. The van der Waals surface area contributed by atoms with Crippen LogP contribution in [0.1, 0.15) is 16.2 Å². The number of aromatic nitrogens is 3. The van der Waals surface area contributed by atoms with Crippen LogP contribution in [0.15, 0.2) is 24.5 Å². The fourth-order valence-electron chi connectivity index (χ4n) is 1.77. The van der Waals surface area contributed by atoms with Gasteiger partial charge in [-0.3, -0.25) is 9.48 Å². The Morgan fingerprint density at radius 2 is 2.20 bits per heavy atom. The first-order valence-corrected chi connectivity index (χ1v) is 6.17. The minimum atomic E-state index is -0.0820. The van der Waals surface area contributed by atoms with E-state index in [4.69, 9.17) is 5.73 Å². The number of benzene rings is 1. The highest BCUT2D eigenvalue weighted by atomic mass is 16.2. The van der Waals surface area contributed by atoms with Crippen molar-refractivity contribution in [2.75, 3.05) is 25.1 Å². The third kappa shape index (κ3) is 3.05. The number of nitrogens with one attached hydrogen (secondary N) is 1. The molecule has 0 atom stereocenters. The summed E-state index contributed by atoms with van der Waals surface area (Å²) in [6.07, 6.45) is 1.63. The van der Waals surface area contributed by atoms with Gasteiger partial charge in [0, 0.05) is 32.5 Å². The van der Waals surface area contributed by atoms with Crippen molar-refractivity contribution in [3.63, 3.8) is 0 Å². The largest absolute Gasteiger partial charge is 0.399 e. The van der Waals surface area contributed by atoms with Gasteiger partial charge in [-0.2, -0.15) is 5.10 Å². The summed E-state index contributed by atoms with van der Waals surface area (Å²) in [4.78, 5) is 17.8. The van der Waals surface area contributed by atoms with Gasteiger partial charge in [0.25, 0.3) is 5.91 Å². The Hall–Kier alpha value is -2.57. The van der Waals surface area contributed by atoms with Crippen LogP contribution in [0.5, 0.6) is 0 Å². The van der Waals surface area contributed by atoms with Crippen molar-refractivity contribution in [3.05, 3.63) is 35.9 Å². The van der Waals surface area contributed by atoms with Gasteiger partial charge in [-0.25, -0.2) is 4.98 Å². The topological polar surface area (TPSA) is 89.1 Å². The molecule has 7 heteroatoms. The molecule has 0 radical (unpaired) electrons. The third-order valence-corrected chi connectivity index (χ3v) is 2.76. The lowest BCUT2D eigenvalue weighted by molar-refractivity contribution is 0.0828. The van der Waals surface area contributed by atoms with E-state index in [0.29, 0.717) is 29.3 Å². The number of carbonyl (C=O) groups excluding carboxylic acids is 1. The summed E-state index contributed by atoms with van der Waals surface area (Å²) in [5, 5.41) is 7.33. The molecule has 1 aromatic carbocycles. The number of aryl methyl sites for hydroxylation is 1. The highest BCUT2D eigenvalue weighted by Crippen LogP contribution is 2.21. The van der Waals surface area contributed by atoms with Gasteiger partial charge in [-0.05, 0) is 18.2 Å². The molecule has 0 unspecified atom stereocenters. The standard InChI is InChI=1S/C13H18N6O/c1-18(2)13(20)10-5-4-9(14)6-11(10)15-7-12-16-8-19(3)17-12/h4-6,8,15H,7,14H2,1-3H3. The fourth-order valence-corrected chi connectivity index (χ4v) is 1.77. The van der Waals surface area contributed by atoms with Crippen molar-refractivity contribution in [2.45, 2.75) is 6.54 Å². The summed E-state index contributed by atoms with van der Waals surface area (Å²) in [5.41, 5.74) is 7.62. The van der Waals surface area contributed by atoms with Crippen molar-refractivity contribution in [2.24, 2.45) is 7.05 Å². The lowest BCUT2D eigenvalue weighted by Gasteiger charge is -2.15. The van der Waals surface area contributed by atoms with E-state index in [9.17, 15) is 4.79 Å². The molecule has 2 aromatic rings. The normalized spacial score (nSPS) is 10.3. The molecule has 7 nitrogen and oxygen atoms in total. The molecule has 0 fully saturated rings. The van der Waals surface area contributed by atoms with Gasteiger partial charge in [0.15, 0.2) is 5.82 Å². The van der Waals surface area contributed by atoms with Crippen molar-refractivity contribution < 1.29 is 4.79 Å². The molecule has 2 rings (SSSR count). The van der Waals surface area contributed by atoms with Gasteiger partial charge in [0.2, 0.25) is 0 Å². The zero-order chi connectivity index (χ0) is 14.7. The summed E-state index contributed by atoms with van der Waals surface area (Å²) in [6.45, 7) is 0.429. The van der Waals surface area contributed by atoms with Crippen molar-refractivity contribution in [1.82, 2.24) is 19.7 Å². The molecule has 0 spiro atoms. The Morgan fingerprint density at radius 3 is 2.80 bits per heavy atom. The Kier molecular flexibility index (Phi) is 3.88. The number of carbonyl (C=O) groups is 1. The number of anilines is 2. The highest BCUT2D eigenvalue weighted by molar-refractivity contribution is 5.99. The van der Waals surface area contributed by atoms with Gasteiger partial charge in [0.1, 0.15) is 6.33 Å². The second-order valence-electron chi connectivity index (χ2n) is 4.69. The van der Waals surface area contributed by atoms with E-state index in [1.807, 2.05) is 0 Å². The molecule has 1 amide bonds. The molecule has 3 N–H and O–H groups in total. The average molecular weight is 274 g/mol. The number of amides is 1. The van der Waals surface area contributed by atoms with Crippen LogP contribution in [0, 0.1) is 0 Å². The first-order valence-electron chi connectivity index (χ1n) is 6.17. The minimum absolute atomic E-state index is 0.0820.